The number of nitrogens with one attached hydrogen (secondary N) is 3. The molecule has 10 heteroatoms. The highest BCUT2D eigenvalue weighted by Gasteiger charge is 2.70. The molecular weight excluding hydrogens is 544 g/mol. The number of esters is 1. The molecule has 0 unspecified atom stereocenters. The van der Waals surface area contributed by atoms with Crippen molar-refractivity contribution in [3.63, 3.8) is 0 Å². The minimum absolute atomic E-state index is 0.296. The van der Waals surface area contributed by atoms with Crippen LogP contribution in [-0.2, 0) is 31.1 Å². The topological polar surface area (TPSA) is 121 Å². The third-order valence-electron chi connectivity index (χ3n) is 8.46. The Kier molecular flexibility index (Phi) is 5.61. The summed E-state index contributed by atoms with van der Waals surface area (Å²) in [6, 6.07) is 17.0. The maximum atomic E-state index is 14.3. The maximum absolute atomic E-state index is 14.3. The number of aryl methyl sites for hydroxylation is 1. The van der Waals surface area contributed by atoms with E-state index in [1.54, 1.807) is 24.3 Å². The first-order valence-electron chi connectivity index (χ1n) is 13.3. The normalized spacial score (nSPS) is 24.7. The number of aromatic amines is 1. The van der Waals surface area contributed by atoms with E-state index in [1.807, 2.05) is 37.4 Å². The molecule has 2 fully saturated rings. The van der Waals surface area contributed by atoms with Crippen LogP contribution in [0.1, 0.15) is 23.6 Å². The number of halogens is 1. The van der Waals surface area contributed by atoms with Gasteiger partial charge in [-0.3, -0.25) is 24.5 Å². The third-order valence-corrected chi connectivity index (χ3v) is 8.68. The second-order valence-electron chi connectivity index (χ2n) is 10.8. The van der Waals surface area contributed by atoms with Gasteiger partial charge in [0, 0.05) is 46.3 Å². The van der Waals surface area contributed by atoms with Crippen molar-refractivity contribution in [1.29, 1.82) is 0 Å². The summed E-state index contributed by atoms with van der Waals surface area (Å²) in [6.07, 6.45) is 2.32. The zero-order chi connectivity index (χ0) is 28.6. The molecule has 0 aliphatic carbocycles. The van der Waals surface area contributed by atoms with Gasteiger partial charge >= 0.3 is 5.97 Å². The number of anilines is 2. The number of hydrogen-bond acceptors (Lipinski definition) is 6. The summed E-state index contributed by atoms with van der Waals surface area (Å²) in [5, 5.41) is 7.90. The van der Waals surface area contributed by atoms with Crippen molar-refractivity contribution in [2.45, 2.75) is 31.8 Å². The molecule has 0 radical (unpaired) electrons. The van der Waals surface area contributed by atoms with E-state index in [0.29, 0.717) is 34.1 Å². The Morgan fingerprint density at radius 3 is 2.56 bits per heavy atom. The average Bonchev–Trinajstić information content (AvgIpc) is 3.64. The number of nitrogens with zero attached hydrogens (tertiary/aromatic N) is 1. The van der Waals surface area contributed by atoms with Gasteiger partial charge in [0.05, 0.1) is 17.5 Å². The first kappa shape index (κ1) is 25.5. The lowest BCUT2D eigenvalue weighted by atomic mass is 9.76. The Balaban J connectivity index is 1.35. The Morgan fingerprint density at radius 2 is 1.80 bits per heavy atom. The number of aromatic nitrogens is 1. The van der Waals surface area contributed by atoms with Gasteiger partial charge in [-0.15, -0.1) is 0 Å². The number of carbonyl (C=O) groups is 4. The highest BCUT2D eigenvalue weighted by Crippen LogP contribution is 2.55. The van der Waals surface area contributed by atoms with Gasteiger partial charge in [0.25, 0.3) is 0 Å². The Morgan fingerprint density at radius 1 is 1.05 bits per heavy atom. The van der Waals surface area contributed by atoms with E-state index in [4.69, 9.17) is 16.3 Å². The van der Waals surface area contributed by atoms with Crippen LogP contribution in [0, 0.1) is 18.8 Å². The first-order valence-corrected chi connectivity index (χ1v) is 13.7. The highest BCUT2D eigenvalue weighted by molar-refractivity contribution is 6.31. The molecule has 4 atom stereocenters. The molecule has 3 aromatic carbocycles. The van der Waals surface area contributed by atoms with Crippen molar-refractivity contribution in [3.05, 3.63) is 88.6 Å². The van der Waals surface area contributed by atoms with E-state index in [9.17, 15) is 19.2 Å². The first-order chi connectivity index (χ1) is 19.7. The number of rotatable bonds is 4. The van der Waals surface area contributed by atoms with Crippen molar-refractivity contribution < 1.29 is 23.9 Å². The fourth-order valence-electron chi connectivity index (χ4n) is 6.83. The monoisotopic (exact) mass is 568 g/mol. The second-order valence-corrected chi connectivity index (χ2v) is 11.3. The summed E-state index contributed by atoms with van der Waals surface area (Å²) >= 11 is 6.47. The highest BCUT2D eigenvalue weighted by atomic mass is 35.5. The van der Waals surface area contributed by atoms with Crippen LogP contribution >= 0.6 is 11.6 Å². The average molecular weight is 569 g/mol. The van der Waals surface area contributed by atoms with Crippen LogP contribution in [0.5, 0.6) is 5.75 Å². The summed E-state index contributed by atoms with van der Waals surface area (Å²) < 4.78 is 5.12. The molecule has 7 rings (SSSR count). The van der Waals surface area contributed by atoms with Gasteiger partial charge in [-0.1, -0.05) is 29.8 Å². The van der Waals surface area contributed by atoms with Crippen LogP contribution in [0.25, 0.3) is 10.9 Å². The van der Waals surface area contributed by atoms with Crippen LogP contribution in [0.2, 0.25) is 5.02 Å². The fourth-order valence-corrected chi connectivity index (χ4v) is 7.10. The predicted molar refractivity (Wildman–Crippen MR) is 153 cm³/mol. The number of hydrogen-bond donors (Lipinski definition) is 3. The lowest BCUT2D eigenvalue weighted by Crippen LogP contribution is -2.53. The summed E-state index contributed by atoms with van der Waals surface area (Å²) in [6.45, 7) is 3.14. The molecule has 4 heterocycles. The number of amides is 3. The summed E-state index contributed by atoms with van der Waals surface area (Å²) in [7, 11) is 0. The maximum Gasteiger partial charge on any atom is 0.308 e. The molecule has 0 saturated carbocycles. The van der Waals surface area contributed by atoms with E-state index >= 15 is 0 Å². The number of para-hydroxylation sites is 1. The quantitative estimate of drug-likeness (QED) is 0.193. The van der Waals surface area contributed by atoms with Crippen LogP contribution in [0.4, 0.5) is 11.4 Å². The lowest BCUT2D eigenvalue weighted by molar-refractivity contribution is -0.132. The number of carbonyl (C=O) groups excluding carboxylic acids is 4. The Labute approximate surface area is 239 Å². The Hall–Kier alpha value is -4.47. The molecule has 2 saturated heterocycles. The van der Waals surface area contributed by atoms with Crippen molar-refractivity contribution in [2.75, 3.05) is 10.2 Å². The molecule has 1 spiro atoms. The van der Waals surface area contributed by atoms with Crippen molar-refractivity contribution in [2.24, 2.45) is 11.8 Å². The summed E-state index contributed by atoms with van der Waals surface area (Å²) in [5.41, 5.74) is 2.73. The molecule has 0 bridgehead atoms. The SMILES string of the molecule is CC(=O)Oc1ccc(N2C(=O)[C@@H]3[C@H](Cc4c[nH]c5ccccc45)N[C@]4(C(=O)Nc5c(C)cc(Cl)cc54)[C@H]3C2=O)cc1. The van der Waals surface area contributed by atoms with E-state index in [0.717, 1.165) is 26.9 Å². The fraction of sp³-hybridized carbons (Fsp3) is 0.226. The lowest BCUT2D eigenvalue weighted by Gasteiger charge is -2.29. The molecule has 4 aromatic rings. The second kappa shape index (κ2) is 9.02. The largest absolute Gasteiger partial charge is 0.427 e. The van der Waals surface area contributed by atoms with Crippen LogP contribution < -0.4 is 20.3 Å². The van der Waals surface area contributed by atoms with Crippen LogP contribution in [-0.4, -0.2) is 34.7 Å². The molecule has 206 valence electrons. The molecular formula is C31H25ClN4O5. The summed E-state index contributed by atoms with van der Waals surface area (Å²) in [4.78, 5) is 58.1. The molecule has 3 amide bonds. The smallest absolute Gasteiger partial charge is 0.308 e. The van der Waals surface area contributed by atoms with Gasteiger partial charge in [-0.05, 0) is 66.9 Å². The Bertz CT molecular complexity index is 1800. The zero-order valence-electron chi connectivity index (χ0n) is 22.2. The number of H-pyrrole nitrogens is 1. The molecule has 1 aromatic heterocycles. The van der Waals surface area contributed by atoms with Crippen molar-refractivity contribution >= 4 is 57.6 Å². The number of ether oxygens (including phenoxy) is 1. The number of imide groups is 1. The minimum Gasteiger partial charge on any atom is -0.427 e. The standard InChI is InChI=1S/C31H25ClN4O5/c1-15-11-18(32)13-22-27(15)34-30(40)31(22)26-25(24(35-31)12-17-14-33-23-6-4-3-5-21(17)23)28(38)36(29(26)39)19-7-9-20(10-8-19)41-16(2)37/h3-11,13-14,24-26,33,35H,12H2,1-2H3,(H,34,40)/t24-,25+,26+,31-/m0/s1. The minimum atomic E-state index is -1.48. The number of fused-ring (bicyclic) bond motifs is 5. The van der Waals surface area contributed by atoms with Crippen LogP contribution in [0.3, 0.4) is 0 Å². The van der Waals surface area contributed by atoms with E-state index in [1.165, 1.54) is 19.1 Å². The van der Waals surface area contributed by atoms with E-state index < -0.39 is 41.2 Å². The summed E-state index contributed by atoms with van der Waals surface area (Å²) in [5.74, 6) is -3.26. The molecule has 41 heavy (non-hydrogen) atoms. The van der Waals surface area contributed by atoms with Gasteiger partial charge < -0.3 is 15.0 Å². The zero-order valence-corrected chi connectivity index (χ0v) is 22.9. The molecule has 3 aliphatic rings. The predicted octanol–water partition coefficient (Wildman–Crippen LogP) is 4.22. The molecule has 3 N–H and O–H groups in total. The third kappa shape index (κ3) is 3.66. The van der Waals surface area contributed by atoms with Gasteiger partial charge in [0.15, 0.2) is 0 Å². The van der Waals surface area contributed by atoms with Crippen molar-refractivity contribution in [1.82, 2.24) is 10.3 Å². The van der Waals surface area contributed by atoms with Crippen molar-refractivity contribution in [3.8, 4) is 5.75 Å². The van der Waals surface area contributed by atoms with Crippen LogP contribution in [0.15, 0.2) is 66.9 Å². The van der Waals surface area contributed by atoms with Gasteiger partial charge in [0.2, 0.25) is 17.7 Å². The molecule has 3 aliphatic heterocycles. The molecule has 9 nitrogen and oxygen atoms in total. The van der Waals surface area contributed by atoms with Gasteiger partial charge in [0.1, 0.15) is 11.3 Å². The van der Waals surface area contributed by atoms with E-state index in [2.05, 4.69) is 15.6 Å². The van der Waals surface area contributed by atoms with E-state index in [-0.39, 0.29) is 5.91 Å². The van der Waals surface area contributed by atoms with Gasteiger partial charge in [-0.25, -0.2) is 4.90 Å². The van der Waals surface area contributed by atoms with Gasteiger partial charge in [-0.2, -0.15) is 0 Å². The number of benzene rings is 3.